The number of rotatable bonds is 0. The van der Waals surface area contributed by atoms with Crippen LogP contribution in [0.4, 0.5) is 0 Å². The first-order valence-electron chi connectivity index (χ1n) is 5.07. The van der Waals surface area contributed by atoms with Gasteiger partial charge in [0.15, 0.2) is 0 Å². The molecule has 0 radical (unpaired) electrons. The third-order valence-electron chi connectivity index (χ3n) is 2.57. The van der Waals surface area contributed by atoms with Crippen LogP contribution in [0, 0.1) is 0 Å². The van der Waals surface area contributed by atoms with Crippen LogP contribution in [-0.4, -0.2) is 11.2 Å². The molecule has 0 saturated heterocycles. The maximum Gasteiger partial charge on any atom is 0.0540 e. The minimum absolute atomic E-state index is 0.00750. The molecule has 1 nitrogen and oxygen atoms in total. The second-order valence-electron chi connectivity index (χ2n) is 3.71. The number of aliphatic hydroxyl groups is 1. The zero-order chi connectivity index (χ0) is 7.94. The molecule has 1 rings (SSSR count). The largest absolute Gasteiger partial charge is 0.393 e. The fraction of sp³-hybridized carbons (Fsp3) is 1.00. The van der Waals surface area contributed by atoms with Crippen molar-refractivity contribution in [2.75, 3.05) is 0 Å². The highest BCUT2D eigenvalue weighted by Gasteiger charge is 2.04. The minimum Gasteiger partial charge on any atom is -0.393 e. The topological polar surface area (TPSA) is 20.2 Å². The Morgan fingerprint density at radius 2 is 1.00 bits per heavy atom. The molecule has 0 spiro atoms. The first kappa shape index (κ1) is 9.05. The zero-order valence-corrected chi connectivity index (χ0v) is 7.39. The molecule has 1 fully saturated rings. The van der Waals surface area contributed by atoms with E-state index in [1.54, 1.807) is 0 Å². The van der Waals surface area contributed by atoms with Gasteiger partial charge in [0.05, 0.1) is 6.10 Å². The molecule has 0 heterocycles. The summed E-state index contributed by atoms with van der Waals surface area (Å²) in [4.78, 5) is 0. The fourth-order valence-electron chi connectivity index (χ4n) is 1.79. The van der Waals surface area contributed by atoms with Crippen molar-refractivity contribution in [1.29, 1.82) is 0 Å². The van der Waals surface area contributed by atoms with Crippen LogP contribution in [0.25, 0.3) is 0 Å². The first-order valence-corrected chi connectivity index (χ1v) is 5.07. The van der Waals surface area contributed by atoms with E-state index in [9.17, 15) is 5.11 Å². The summed E-state index contributed by atoms with van der Waals surface area (Å²) in [5.74, 6) is 0. The molecule has 1 saturated carbocycles. The lowest BCUT2D eigenvalue weighted by Crippen LogP contribution is -2.06. The molecular weight excluding hydrogens is 136 g/mol. The molecule has 1 heteroatoms. The summed E-state index contributed by atoms with van der Waals surface area (Å²) in [7, 11) is 0. The van der Waals surface area contributed by atoms with Crippen molar-refractivity contribution >= 4 is 0 Å². The standard InChI is InChI=1S/C10H20O/c11-10-8-6-4-2-1-3-5-7-9-10/h10-11H,1-9H2. The van der Waals surface area contributed by atoms with Crippen molar-refractivity contribution in [2.45, 2.75) is 63.9 Å². The van der Waals surface area contributed by atoms with Crippen LogP contribution >= 0.6 is 0 Å². The van der Waals surface area contributed by atoms with E-state index in [0.717, 1.165) is 12.8 Å². The summed E-state index contributed by atoms with van der Waals surface area (Å²) < 4.78 is 0. The van der Waals surface area contributed by atoms with Gasteiger partial charge in [-0.2, -0.15) is 0 Å². The van der Waals surface area contributed by atoms with Crippen LogP contribution in [0.3, 0.4) is 0 Å². The smallest absolute Gasteiger partial charge is 0.0540 e. The van der Waals surface area contributed by atoms with E-state index < -0.39 is 0 Å². The van der Waals surface area contributed by atoms with Crippen LogP contribution in [0.1, 0.15) is 57.8 Å². The molecule has 0 aromatic rings. The Balaban J connectivity index is 2.12. The normalized spacial score (nSPS) is 24.8. The van der Waals surface area contributed by atoms with Crippen molar-refractivity contribution in [1.82, 2.24) is 0 Å². The van der Waals surface area contributed by atoms with Crippen molar-refractivity contribution < 1.29 is 5.11 Å². The van der Waals surface area contributed by atoms with E-state index in [1.807, 2.05) is 0 Å². The Hall–Kier alpha value is -0.0400. The highest BCUT2D eigenvalue weighted by molar-refractivity contribution is 4.59. The number of aliphatic hydroxyl groups excluding tert-OH is 1. The predicted octanol–water partition coefficient (Wildman–Crippen LogP) is 2.87. The van der Waals surface area contributed by atoms with Crippen LogP contribution in [-0.2, 0) is 0 Å². The first-order chi connectivity index (χ1) is 5.39. The molecular formula is C10H20O. The summed E-state index contributed by atoms with van der Waals surface area (Å²) in [6.07, 6.45) is 11.4. The number of hydrogen-bond acceptors (Lipinski definition) is 1. The van der Waals surface area contributed by atoms with E-state index >= 15 is 0 Å². The second-order valence-corrected chi connectivity index (χ2v) is 3.71. The Morgan fingerprint density at radius 1 is 0.636 bits per heavy atom. The van der Waals surface area contributed by atoms with Crippen molar-refractivity contribution in [3.05, 3.63) is 0 Å². The van der Waals surface area contributed by atoms with E-state index in [1.165, 1.54) is 44.9 Å². The lowest BCUT2D eigenvalue weighted by atomic mass is 9.99. The Kier molecular flexibility index (Phi) is 4.60. The monoisotopic (exact) mass is 156 g/mol. The summed E-state index contributed by atoms with van der Waals surface area (Å²) in [5.41, 5.74) is 0. The quantitative estimate of drug-likeness (QED) is 0.571. The van der Waals surface area contributed by atoms with Gasteiger partial charge in [-0.1, -0.05) is 44.9 Å². The average molecular weight is 156 g/mol. The molecule has 0 aromatic heterocycles. The van der Waals surface area contributed by atoms with Gasteiger partial charge in [0, 0.05) is 0 Å². The molecule has 0 aliphatic heterocycles. The van der Waals surface area contributed by atoms with Gasteiger partial charge in [0.2, 0.25) is 0 Å². The molecule has 11 heavy (non-hydrogen) atoms. The van der Waals surface area contributed by atoms with E-state index in [0.29, 0.717) is 0 Å². The third-order valence-corrected chi connectivity index (χ3v) is 2.57. The summed E-state index contributed by atoms with van der Waals surface area (Å²) in [6.45, 7) is 0. The van der Waals surface area contributed by atoms with Crippen LogP contribution in [0.5, 0.6) is 0 Å². The molecule has 1 N–H and O–H groups in total. The van der Waals surface area contributed by atoms with Crippen LogP contribution < -0.4 is 0 Å². The van der Waals surface area contributed by atoms with E-state index in [2.05, 4.69) is 0 Å². The van der Waals surface area contributed by atoms with Gasteiger partial charge in [-0.05, 0) is 12.8 Å². The van der Waals surface area contributed by atoms with Gasteiger partial charge >= 0.3 is 0 Å². The molecule has 1 aliphatic carbocycles. The van der Waals surface area contributed by atoms with Gasteiger partial charge in [0.1, 0.15) is 0 Å². The number of hydrogen-bond donors (Lipinski definition) is 1. The molecule has 0 aromatic carbocycles. The van der Waals surface area contributed by atoms with Crippen molar-refractivity contribution in [3.63, 3.8) is 0 Å². The van der Waals surface area contributed by atoms with Crippen molar-refractivity contribution in [2.24, 2.45) is 0 Å². The average Bonchev–Trinajstić information content (AvgIpc) is 2.03. The van der Waals surface area contributed by atoms with Crippen molar-refractivity contribution in [3.8, 4) is 0 Å². The maximum atomic E-state index is 9.43. The summed E-state index contributed by atoms with van der Waals surface area (Å²) in [5, 5.41) is 9.43. The Morgan fingerprint density at radius 3 is 1.45 bits per heavy atom. The molecule has 0 bridgehead atoms. The van der Waals surface area contributed by atoms with E-state index in [-0.39, 0.29) is 6.10 Å². The van der Waals surface area contributed by atoms with Gasteiger partial charge in [-0.3, -0.25) is 0 Å². The van der Waals surface area contributed by atoms with Crippen LogP contribution in [0.15, 0.2) is 0 Å². The predicted molar refractivity (Wildman–Crippen MR) is 47.6 cm³/mol. The second kappa shape index (κ2) is 5.59. The van der Waals surface area contributed by atoms with Gasteiger partial charge in [-0.25, -0.2) is 0 Å². The maximum absolute atomic E-state index is 9.43. The van der Waals surface area contributed by atoms with Gasteiger partial charge < -0.3 is 5.11 Å². The van der Waals surface area contributed by atoms with E-state index in [4.69, 9.17) is 0 Å². The third kappa shape index (κ3) is 4.41. The highest BCUT2D eigenvalue weighted by atomic mass is 16.3. The zero-order valence-electron chi connectivity index (χ0n) is 7.39. The molecule has 0 atom stereocenters. The molecule has 66 valence electrons. The summed E-state index contributed by atoms with van der Waals surface area (Å²) in [6, 6.07) is 0. The lowest BCUT2D eigenvalue weighted by molar-refractivity contribution is 0.145. The Bertz CT molecular complexity index is 80.9. The molecule has 0 amide bonds. The SMILES string of the molecule is OC1CCCCCCCCC1. The summed E-state index contributed by atoms with van der Waals surface area (Å²) >= 11 is 0. The highest BCUT2D eigenvalue weighted by Crippen LogP contribution is 2.16. The lowest BCUT2D eigenvalue weighted by Gasteiger charge is -2.12. The molecule has 0 unspecified atom stereocenters. The van der Waals surface area contributed by atoms with Gasteiger partial charge in [-0.15, -0.1) is 0 Å². The van der Waals surface area contributed by atoms with Crippen LogP contribution in [0.2, 0.25) is 0 Å². The fourth-order valence-corrected chi connectivity index (χ4v) is 1.79. The van der Waals surface area contributed by atoms with Gasteiger partial charge in [0.25, 0.3) is 0 Å². The Labute approximate surface area is 69.8 Å². The minimum atomic E-state index is 0.00750. The molecule has 1 aliphatic rings.